The lowest BCUT2D eigenvalue weighted by molar-refractivity contribution is -0.124. The number of nitrogens with zero attached hydrogens (tertiary/aromatic N) is 6. The Labute approximate surface area is 411 Å². The van der Waals surface area contributed by atoms with Crippen molar-refractivity contribution in [3.05, 3.63) is 111 Å². The highest BCUT2D eigenvalue weighted by atomic mass is 32.2. The first kappa shape index (κ1) is 55.5. The number of hydrogen-bond donors (Lipinski definition) is 2. The van der Waals surface area contributed by atoms with Crippen molar-refractivity contribution in [3.8, 4) is 17.9 Å². The predicted octanol–water partition coefficient (Wildman–Crippen LogP) is 5.54. The number of esters is 2. The van der Waals surface area contributed by atoms with Gasteiger partial charge in [-0.2, -0.15) is 10.5 Å². The Kier molecular flexibility index (Phi) is 18.6. The van der Waals surface area contributed by atoms with E-state index in [1.165, 1.54) is 49.0 Å². The number of nitrogens with one attached hydrogen (secondary N) is 2. The minimum absolute atomic E-state index is 0.0453. The summed E-state index contributed by atoms with van der Waals surface area (Å²) >= 11 is 0. The summed E-state index contributed by atoms with van der Waals surface area (Å²) in [6, 6.07) is 16.1. The van der Waals surface area contributed by atoms with Gasteiger partial charge in [-0.1, -0.05) is 29.8 Å². The number of nitriles is 2. The molecule has 384 valence electrons. The zero-order valence-electron chi connectivity index (χ0n) is 39.0. The number of carbonyl (C=O) groups is 4. The standard InChI is InChI=1S/C24H25F3N4O5S.C22H22F2N4O6S/c1-3-36-24(33)18-11-16(12-28)22(29-20(18)21(26)27)31-8-6-15(7-9-31)23(32)30-37(34,35)13-17-10-14(2)4-5-19(17)25;1-3-34-22(30)17-8-14(9-25)20(26-18(17)19(23)24)28-10-15(11-28)21(29)27-35(31,32)12-13-5-4-6-16(7-13)33-2/h4-5,10-11,15,21H,3,6-9,13H2,1-2H3,(H,30,32);4-8,15,19H,3,10-12H2,1-2H3,(H,27,29). The van der Waals surface area contributed by atoms with E-state index in [9.17, 15) is 68.5 Å². The zero-order chi connectivity index (χ0) is 53.1. The third-order valence-corrected chi connectivity index (χ3v) is 13.4. The maximum Gasteiger partial charge on any atom is 0.340 e. The summed E-state index contributed by atoms with van der Waals surface area (Å²) in [7, 11) is -6.73. The van der Waals surface area contributed by atoms with Gasteiger partial charge in [-0.3, -0.25) is 19.0 Å². The van der Waals surface area contributed by atoms with Crippen molar-refractivity contribution in [1.82, 2.24) is 19.4 Å². The number of carbonyl (C=O) groups excluding carboxylic acids is 4. The van der Waals surface area contributed by atoms with Crippen molar-refractivity contribution in [2.75, 3.05) is 56.3 Å². The largest absolute Gasteiger partial charge is 0.497 e. The fourth-order valence-electron chi connectivity index (χ4n) is 7.48. The monoisotopic (exact) mass is 1050 g/mol. The number of benzene rings is 2. The Morgan fingerprint density at radius 2 is 1.24 bits per heavy atom. The van der Waals surface area contributed by atoms with Gasteiger partial charge in [0.05, 0.1) is 60.0 Å². The lowest BCUT2D eigenvalue weighted by atomic mass is 9.96. The fourth-order valence-corrected chi connectivity index (χ4v) is 9.82. The van der Waals surface area contributed by atoms with E-state index in [1.807, 2.05) is 15.5 Å². The predicted molar refractivity (Wildman–Crippen MR) is 246 cm³/mol. The maximum absolute atomic E-state index is 14.0. The number of aryl methyl sites for hydroxylation is 1. The first-order valence-corrected chi connectivity index (χ1v) is 25.1. The molecule has 2 aromatic heterocycles. The molecule has 0 saturated carbocycles. The summed E-state index contributed by atoms with van der Waals surface area (Å²) in [5, 5.41) is 19.0. The number of methoxy groups -OCH3 is 1. The molecule has 72 heavy (non-hydrogen) atoms. The van der Waals surface area contributed by atoms with E-state index < -0.39 is 108 Å². The van der Waals surface area contributed by atoms with Crippen molar-refractivity contribution in [2.24, 2.45) is 11.8 Å². The fraction of sp³-hybridized carbons (Fsp3) is 0.391. The van der Waals surface area contributed by atoms with Gasteiger partial charge >= 0.3 is 11.9 Å². The number of rotatable bonds is 17. The molecule has 0 spiro atoms. The first-order valence-electron chi connectivity index (χ1n) is 21.8. The molecule has 0 bridgehead atoms. The number of amides is 2. The Bertz CT molecular complexity index is 3010. The Morgan fingerprint density at radius 3 is 1.72 bits per heavy atom. The second-order valence-corrected chi connectivity index (χ2v) is 19.6. The SMILES string of the molecule is CCOC(=O)c1cc(C#N)c(N2CC(C(=O)NS(=O)(=O)Cc3cccc(OC)c3)C2)nc1C(F)F.CCOC(=O)c1cc(C#N)c(N2CCC(C(=O)NS(=O)(=O)Cc3cc(C)ccc3F)CC2)nc1C(F)F. The molecule has 0 aliphatic carbocycles. The topological polar surface area (TPSA) is 268 Å². The van der Waals surface area contributed by atoms with Crippen LogP contribution in [0.5, 0.6) is 5.75 Å². The number of hydrogen-bond acceptors (Lipinski definition) is 17. The average Bonchev–Trinajstić information content (AvgIpc) is 3.31. The van der Waals surface area contributed by atoms with Gasteiger partial charge < -0.3 is 24.0 Å². The molecular formula is C46H47F5N8O11S2. The second-order valence-electron chi connectivity index (χ2n) is 16.1. The normalized spacial score (nSPS) is 14.0. The van der Waals surface area contributed by atoms with Gasteiger partial charge in [0, 0.05) is 37.7 Å². The average molecular weight is 1050 g/mol. The van der Waals surface area contributed by atoms with Crippen LogP contribution in [-0.2, 0) is 50.6 Å². The van der Waals surface area contributed by atoms with E-state index in [4.69, 9.17) is 14.2 Å². The summed E-state index contributed by atoms with van der Waals surface area (Å²) in [4.78, 5) is 59.8. The summed E-state index contributed by atoms with van der Waals surface area (Å²) in [5.41, 5.74) is -1.91. The quantitative estimate of drug-likeness (QED) is 0.0971. The van der Waals surface area contributed by atoms with Crippen molar-refractivity contribution in [1.29, 1.82) is 10.5 Å². The molecule has 4 heterocycles. The van der Waals surface area contributed by atoms with Crippen LogP contribution in [0.3, 0.4) is 0 Å². The maximum atomic E-state index is 14.0. The zero-order valence-corrected chi connectivity index (χ0v) is 40.6. The molecule has 19 nitrogen and oxygen atoms in total. The van der Waals surface area contributed by atoms with E-state index >= 15 is 0 Å². The van der Waals surface area contributed by atoms with Crippen LogP contribution >= 0.6 is 0 Å². The highest BCUT2D eigenvalue weighted by molar-refractivity contribution is 7.89. The van der Waals surface area contributed by atoms with E-state index in [0.29, 0.717) is 16.9 Å². The first-order chi connectivity index (χ1) is 34.0. The summed E-state index contributed by atoms with van der Waals surface area (Å²) in [5.74, 6) is -6.63. The third kappa shape index (κ3) is 14.1. The molecule has 0 atom stereocenters. The number of pyridine rings is 2. The molecule has 26 heteroatoms. The van der Waals surface area contributed by atoms with Crippen LogP contribution < -0.4 is 24.0 Å². The number of aromatic nitrogens is 2. The van der Waals surface area contributed by atoms with Gasteiger partial charge in [0.25, 0.3) is 12.9 Å². The van der Waals surface area contributed by atoms with E-state index in [2.05, 4.69) is 9.97 Å². The van der Waals surface area contributed by atoms with Crippen LogP contribution in [0.1, 0.15) is 99.5 Å². The molecule has 2 aliphatic rings. The van der Waals surface area contributed by atoms with Crippen LogP contribution in [0.4, 0.5) is 33.6 Å². The minimum atomic E-state index is -4.17. The molecular weight excluding hydrogens is 1000 g/mol. The molecule has 4 aromatic rings. The molecule has 2 amide bonds. The van der Waals surface area contributed by atoms with Crippen molar-refractivity contribution in [2.45, 2.75) is 58.0 Å². The van der Waals surface area contributed by atoms with Gasteiger partial charge in [0.2, 0.25) is 31.9 Å². The number of sulfonamides is 2. The number of anilines is 2. The lowest BCUT2D eigenvalue weighted by Crippen LogP contribution is -2.55. The van der Waals surface area contributed by atoms with Crippen LogP contribution in [-0.4, -0.2) is 97.1 Å². The second kappa shape index (κ2) is 24.1. The number of piperidine rings is 1. The van der Waals surface area contributed by atoms with E-state index in [0.717, 1.165) is 18.2 Å². The molecule has 2 fully saturated rings. The summed E-state index contributed by atoms with van der Waals surface area (Å²) in [6.45, 7) is 4.75. The number of alkyl halides is 4. The van der Waals surface area contributed by atoms with Gasteiger partial charge in [0.15, 0.2) is 0 Å². The number of ether oxygens (including phenoxy) is 3. The van der Waals surface area contributed by atoms with Gasteiger partial charge in [-0.15, -0.1) is 0 Å². The molecule has 2 saturated heterocycles. The lowest BCUT2D eigenvalue weighted by Gasteiger charge is -2.39. The van der Waals surface area contributed by atoms with Crippen LogP contribution in [0, 0.1) is 47.2 Å². The molecule has 6 rings (SSSR count). The minimum Gasteiger partial charge on any atom is -0.497 e. The van der Waals surface area contributed by atoms with Crippen molar-refractivity contribution >= 4 is 55.4 Å². The molecule has 2 aromatic carbocycles. The molecule has 2 N–H and O–H groups in total. The Hall–Kier alpha value is -7.45. The summed E-state index contributed by atoms with van der Waals surface area (Å²) < 4.78 is 137. The Balaban J connectivity index is 0.000000268. The highest BCUT2D eigenvalue weighted by Crippen LogP contribution is 2.33. The van der Waals surface area contributed by atoms with Crippen LogP contribution in [0.2, 0.25) is 0 Å². The van der Waals surface area contributed by atoms with Crippen molar-refractivity contribution in [3.63, 3.8) is 0 Å². The summed E-state index contributed by atoms with van der Waals surface area (Å²) in [6.07, 6.45) is -5.91. The molecule has 0 radical (unpaired) electrons. The van der Waals surface area contributed by atoms with Gasteiger partial charge in [-0.25, -0.2) is 58.3 Å². The molecule has 2 aliphatic heterocycles. The highest BCUT2D eigenvalue weighted by Gasteiger charge is 2.38. The number of halogens is 5. The van der Waals surface area contributed by atoms with Crippen LogP contribution in [0.25, 0.3) is 0 Å². The van der Waals surface area contributed by atoms with Crippen molar-refractivity contribution < 1.29 is 72.2 Å². The molecule has 0 unspecified atom stereocenters. The smallest absolute Gasteiger partial charge is 0.340 e. The third-order valence-electron chi connectivity index (χ3n) is 11.0. The van der Waals surface area contributed by atoms with Crippen LogP contribution in [0.15, 0.2) is 54.6 Å². The Morgan fingerprint density at radius 1 is 0.736 bits per heavy atom. The van der Waals surface area contributed by atoms with Gasteiger partial charge in [0.1, 0.15) is 46.7 Å². The van der Waals surface area contributed by atoms with E-state index in [-0.39, 0.29) is 80.6 Å². The van der Waals surface area contributed by atoms with E-state index in [1.54, 1.807) is 31.2 Å². The van der Waals surface area contributed by atoms with Gasteiger partial charge in [-0.05, 0) is 69.5 Å².